The fraction of sp³-hybridized carbons (Fsp3) is 0. The number of aromatic nitrogens is 2. The van der Waals surface area contributed by atoms with Gasteiger partial charge in [-0.2, -0.15) is 5.26 Å². The van der Waals surface area contributed by atoms with Gasteiger partial charge in [0.15, 0.2) is 0 Å². The summed E-state index contributed by atoms with van der Waals surface area (Å²) in [4.78, 5) is 18.9. The van der Waals surface area contributed by atoms with Crippen LogP contribution in [0.4, 0.5) is 0 Å². The maximum atomic E-state index is 12.1. The minimum atomic E-state index is -0.384. The number of nitrogens with zero attached hydrogens (tertiary/aromatic N) is 2. The summed E-state index contributed by atoms with van der Waals surface area (Å²) >= 11 is 0. The van der Waals surface area contributed by atoms with E-state index in [1.54, 1.807) is 12.4 Å². The maximum absolute atomic E-state index is 12.1. The molecule has 4 heteroatoms. The Morgan fingerprint density at radius 2 is 1.71 bits per heavy atom. The number of pyridine rings is 2. The molecule has 0 aliphatic carbocycles. The Balaban J connectivity index is 2.27. The molecule has 2 heterocycles. The van der Waals surface area contributed by atoms with Crippen molar-refractivity contribution >= 4 is 0 Å². The molecule has 0 radical (unpaired) electrons. The largest absolute Gasteiger partial charge is 0.321 e. The molecule has 21 heavy (non-hydrogen) atoms. The highest BCUT2D eigenvalue weighted by atomic mass is 16.1. The van der Waals surface area contributed by atoms with Crippen LogP contribution in [0, 0.1) is 11.3 Å². The molecule has 4 nitrogen and oxygen atoms in total. The lowest BCUT2D eigenvalue weighted by atomic mass is 9.99. The number of hydrogen-bond donors (Lipinski definition) is 1. The Morgan fingerprint density at radius 3 is 2.38 bits per heavy atom. The lowest BCUT2D eigenvalue weighted by molar-refractivity contribution is 1.21. The van der Waals surface area contributed by atoms with Crippen molar-refractivity contribution in [1.29, 1.82) is 5.26 Å². The van der Waals surface area contributed by atoms with E-state index in [4.69, 9.17) is 0 Å². The van der Waals surface area contributed by atoms with Crippen LogP contribution in [0.2, 0.25) is 0 Å². The van der Waals surface area contributed by atoms with Gasteiger partial charge >= 0.3 is 0 Å². The Morgan fingerprint density at radius 1 is 1.00 bits per heavy atom. The molecule has 0 aliphatic heterocycles. The van der Waals surface area contributed by atoms with E-state index in [0.29, 0.717) is 11.3 Å². The van der Waals surface area contributed by atoms with Crippen molar-refractivity contribution in [2.45, 2.75) is 0 Å². The van der Waals surface area contributed by atoms with E-state index in [2.05, 4.69) is 9.97 Å². The normalized spacial score (nSPS) is 10.0. The second-order valence-corrected chi connectivity index (χ2v) is 4.51. The number of aromatic amines is 1. The topological polar surface area (TPSA) is 69.5 Å². The number of nitriles is 1. The summed E-state index contributed by atoms with van der Waals surface area (Å²) < 4.78 is 0. The number of H-pyrrole nitrogens is 1. The van der Waals surface area contributed by atoms with Gasteiger partial charge in [-0.25, -0.2) is 0 Å². The molecule has 0 saturated carbocycles. The molecule has 0 saturated heterocycles. The summed E-state index contributed by atoms with van der Waals surface area (Å²) in [6.07, 6.45) is 3.32. The molecule has 2 aromatic heterocycles. The molecule has 0 aliphatic rings. The van der Waals surface area contributed by atoms with Crippen molar-refractivity contribution in [1.82, 2.24) is 9.97 Å². The van der Waals surface area contributed by atoms with E-state index in [1.807, 2.05) is 54.6 Å². The smallest absolute Gasteiger partial charge is 0.266 e. The molecule has 100 valence electrons. The van der Waals surface area contributed by atoms with Gasteiger partial charge in [0.25, 0.3) is 5.56 Å². The molecule has 3 aromatic rings. The Bertz CT molecular complexity index is 862. The Kier molecular flexibility index (Phi) is 3.32. The number of hydrogen-bond acceptors (Lipinski definition) is 3. The van der Waals surface area contributed by atoms with Gasteiger partial charge in [0, 0.05) is 29.2 Å². The van der Waals surface area contributed by atoms with Gasteiger partial charge in [-0.1, -0.05) is 30.3 Å². The fourth-order valence-electron chi connectivity index (χ4n) is 2.20. The Hall–Kier alpha value is -3.19. The van der Waals surface area contributed by atoms with Gasteiger partial charge in [-0.3, -0.25) is 9.78 Å². The van der Waals surface area contributed by atoms with Crippen LogP contribution in [0.5, 0.6) is 0 Å². The third kappa shape index (κ3) is 2.45. The minimum Gasteiger partial charge on any atom is -0.321 e. The molecule has 0 bridgehead atoms. The second-order valence-electron chi connectivity index (χ2n) is 4.51. The molecule has 1 N–H and O–H groups in total. The predicted octanol–water partition coefficient (Wildman–Crippen LogP) is 2.98. The van der Waals surface area contributed by atoms with Crippen LogP contribution >= 0.6 is 0 Å². The van der Waals surface area contributed by atoms with E-state index < -0.39 is 0 Å². The van der Waals surface area contributed by atoms with E-state index >= 15 is 0 Å². The zero-order valence-electron chi connectivity index (χ0n) is 11.1. The van der Waals surface area contributed by atoms with E-state index in [1.165, 1.54) is 0 Å². The zero-order valence-corrected chi connectivity index (χ0v) is 11.1. The van der Waals surface area contributed by atoms with Crippen molar-refractivity contribution in [3.05, 3.63) is 76.8 Å². The minimum absolute atomic E-state index is 0.124. The first kappa shape index (κ1) is 12.8. The predicted molar refractivity (Wildman–Crippen MR) is 80.4 cm³/mol. The van der Waals surface area contributed by atoms with Crippen molar-refractivity contribution in [3.8, 4) is 28.5 Å². The SMILES string of the molecule is N#Cc1c(-c2ccccc2)cc(-c2ccncc2)[nH]c1=O. The van der Waals surface area contributed by atoms with E-state index in [9.17, 15) is 10.1 Å². The van der Waals surface area contributed by atoms with Gasteiger partial charge in [0.05, 0.1) is 0 Å². The third-order valence-electron chi connectivity index (χ3n) is 3.22. The highest BCUT2D eigenvalue weighted by Gasteiger charge is 2.11. The quantitative estimate of drug-likeness (QED) is 0.780. The van der Waals surface area contributed by atoms with E-state index in [0.717, 1.165) is 11.1 Å². The first-order chi connectivity index (χ1) is 10.3. The summed E-state index contributed by atoms with van der Waals surface area (Å²) in [6, 6.07) is 16.8. The molecule has 3 rings (SSSR count). The fourth-order valence-corrected chi connectivity index (χ4v) is 2.20. The lowest BCUT2D eigenvalue weighted by Crippen LogP contribution is -2.12. The standard InChI is InChI=1S/C17H11N3O/c18-11-15-14(12-4-2-1-3-5-12)10-16(20-17(15)21)13-6-8-19-9-7-13/h1-10H,(H,20,21). The van der Waals surface area contributed by atoms with Crippen LogP contribution in [0.25, 0.3) is 22.4 Å². The van der Waals surface area contributed by atoms with Gasteiger partial charge < -0.3 is 4.98 Å². The van der Waals surface area contributed by atoms with Gasteiger partial charge in [0.2, 0.25) is 0 Å². The average molecular weight is 273 g/mol. The van der Waals surface area contributed by atoms with Gasteiger partial charge in [-0.15, -0.1) is 0 Å². The van der Waals surface area contributed by atoms with E-state index in [-0.39, 0.29) is 11.1 Å². The molecule has 1 aromatic carbocycles. The van der Waals surface area contributed by atoms with Crippen LogP contribution in [0.15, 0.2) is 65.7 Å². The highest BCUT2D eigenvalue weighted by Crippen LogP contribution is 2.25. The van der Waals surface area contributed by atoms with Gasteiger partial charge in [-0.05, 0) is 23.8 Å². The Labute approximate surface area is 121 Å². The summed E-state index contributed by atoms with van der Waals surface area (Å²) in [7, 11) is 0. The third-order valence-corrected chi connectivity index (χ3v) is 3.22. The van der Waals surface area contributed by atoms with Crippen LogP contribution in [0.1, 0.15) is 5.56 Å². The molecule has 0 fully saturated rings. The van der Waals surface area contributed by atoms with Gasteiger partial charge in [0.1, 0.15) is 11.6 Å². The van der Waals surface area contributed by atoms with Crippen molar-refractivity contribution in [3.63, 3.8) is 0 Å². The highest BCUT2D eigenvalue weighted by molar-refractivity contribution is 5.74. The number of benzene rings is 1. The van der Waals surface area contributed by atoms with Crippen molar-refractivity contribution in [2.75, 3.05) is 0 Å². The maximum Gasteiger partial charge on any atom is 0.266 e. The first-order valence-electron chi connectivity index (χ1n) is 6.43. The van der Waals surface area contributed by atoms with Crippen molar-refractivity contribution < 1.29 is 0 Å². The van der Waals surface area contributed by atoms with Crippen LogP contribution < -0.4 is 5.56 Å². The summed E-state index contributed by atoms with van der Waals surface area (Å²) in [5, 5.41) is 9.24. The summed E-state index contributed by atoms with van der Waals surface area (Å²) in [5.74, 6) is 0. The lowest BCUT2D eigenvalue weighted by Gasteiger charge is -2.07. The van der Waals surface area contributed by atoms with Crippen LogP contribution in [-0.2, 0) is 0 Å². The monoisotopic (exact) mass is 273 g/mol. The molecule has 0 atom stereocenters. The molecular formula is C17H11N3O. The summed E-state index contributed by atoms with van der Waals surface area (Å²) in [6.45, 7) is 0. The molecule has 0 spiro atoms. The summed E-state index contributed by atoms with van der Waals surface area (Å²) in [5.41, 5.74) is 2.73. The van der Waals surface area contributed by atoms with Crippen LogP contribution in [0.3, 0.4) is 0 Å². The zero-order chi connectivity index (χ0) is 14.7. The molecule has 0 unspecified atom stereocenters. The number of rotatable bonds is 2. The molecular weight excluding hydrogens is 262 g/mol. The number of nitrogens with one attached hydrogen (secondary N) is 1. The molecule has 0 amide bonds. The first-order valence-corrected chi connectivity index (χ1v) is 6.43. The van der Waals surface area contributed by atoms with Crippen LogP contribution in [-0.4, -0.2) is 9.97 Å². The van der Waals surface area contributed by atoms with Crippen molar-refractivity contribution in [2.24, 2.45) is 0 Å². The second kappa shape index (κ2) is 5.43. The average Bonchev–Trinajstić information content (AvgIpc) is 2.55.